The van der Waals surface area contributed by atoms with Gasteiger partial charge in [-0.2, -0.15) is 9.37 Å². The van der Waals surface area contributed by atoms with Crippen LogP contribution in [0.3, 0.4) is 0 Å². The molecular weight excluding hydrogens is 357 g/mol. The summed E-state index contributed by atoms with van der Waals surface area (Å²) >= 11 is 5.78. The first kappa shape index (κ1) is 18.6. The maximum atomic E-state index is 14.0. The van der Waals surface area contributed by atoms with E-state index >= 15 is 0 Å². The molecular formula is C19H21ClFN3O2. The quantitative estimate of drug-likeness (QED) is 0.748. The second-order valence-corrected chi connectivity index (χ2v) is 6.72. The number of rotatable bonds is 5. The lowest BCUT2D eigenvalue weighted by molar-refractivity contribution is -0.116. The van der Waals surface area contributed by atoms with Crippen LogP contribution in [0.1, 0.15) is 34.4 Å². The number of aryl methyl sites for hydroxylation is 3. The Morgan fingerprint density at radius 1 is 1.31 bits per heavy atom. The van der Waals surface area contributed by atoms with Crippen LogP contribution in [0.5, 0.6) is 5.88 Å². The van der Waals surface area contributed by atoms with Gasteiger partial charge in [-0.05, 0) is 55.4 Å². The average Bonchev–Trinajstić information content (AvgIpc) is 3.10. The minimum absolute atomic E-state index is 0.0875. The van der Waals surface area contributed by atoms with Gasteiger partial charge < -0.3 is 4.74 Å². The van der Waals surface area contributed by atoms with Gasteiger partial charge in [0.25, 0.3) is 5.88 Å². The summed E-state index contributed by atoms with van der Waals surface area (Å²) in [5, 5.41) is 0. The average molecular weight is 378 g/mol. The molecule has 3 rings (SSSR count). The lowest BCUT2D eigenvalue weighted by Gasteiger charge is -2.22. The van der Waals surface area contributed by atoms with Crippen molar-refractivity contribution in [2.75, 3.05) is 17.9 Å². The molecule has 138 valence electrons. The summed E-state index contributed by atoms with van der Waals surface area (Å²) in [5.41, 5.74) is 5.05. The number of halogens is 2. The van der Waals surface area contributed by atoms with Crippen molar-refractivity contribution < 1.29 is 13.9 Å². The van der Waals surface area contributed by atoms with Gasteiger partial charge in [0.1, 0.15) is 5.88 Å². The van der Waals surface area contributed by atoms with Gasteiger partial charge in [0.2, 0.25) is 17.7 Å². The molecule has 1 aromatic carbocycles. The van der Waals surface area contributed by atoms with Crippen LogP contribution < -0.4 is 9.64 Å². The number of alkyl halides is 1. The summed E-state index contributed by atoms with van der Waals surface area (Å²) in [6, 6.07) is 4.20. The van der Waals surface area contributed by atoms with E-state index in [1.165, 1.54) is 35.6 Å². The van der Waals surface area contributed by atoms with Crippen molar-refractivity contribution in [3.63, 3.8) is 0 Å². The number of amides is 1. The molecule has 0 spiro atoms. The van der Waals surface area contributed by atoms with E-state index in [2.05, 4.69) is 29.0 Å². The molecule has 0 fully saturated rings. The Labute approximate surface area is 157 Å². The first-order valence-electron chi connectivity index (χ1n) is 8.50. The van der Waals surface area contributed by atoms with Crippen molar-refractivity contribution in [1.82, 2.24) is 9.97 Å². The van der Waals surface area contributed by atoms with Crippen molar-refractivity contribution in [2.24, 2.45) is 0 Å². The Bertz CT molecular complexity index is 857. The molecule has 0 bridgehead atoms. The van der Waals surface area contributed by atoms with Crippen LogP contribution in [0.4, 0.5) is 10.3 Å². The van der Waals surface area contributed by atoms with Crippen molar-refractivity contribution in [3.05, 3.63) is 45.9 Å². The molecule has 0 radical (unpaired) electrons. The summed E-state index contributed by atoms with van der Waals surface area (Å²) in [7, 11) is 1.33. The topological polar surface area (TPSA) is 55.3 Å². The SMILES string of the molecule is COc1nc(N(Cc2cc(C)c3c(c2)CCC3)C(=O)CCl)nc(C)c1F. The number of hydrogen-bond acceptors (Lipinski definition) is 4. The minimum Gasteiger partial charge on any atom is -0.479 e. The largest absolute Gasteiger partial charge is 0.479 e. The fourth-order valence-corrected chi connectivity index (χ4v) is 3.54. The second kappa shape index (κ2) is 7.58. The zero-order valence-corrected chi connectivity index (χ0v) is 15.9. The highest BCUT2D eigenvalue weighted by molar-refractivity contribution is 6.29. The molecule has 1 aliphatic rings. The number of methoxy groups -OCH3 is 1. The molecule has 2 aromatic rings. The number of hydrogen-bond donors (Lipinski definition) is 0. The number of aromatic nitrogens is 2. The van der Waals surface area contributed by atoms with Crippen molar-refractivity contribution in [1.29, 1.82) is 0 Å². The third-order valence-corrected chi connectivity index (χ3v) is 4.89. The van der Waals surface area contributed by atoms with Crippen molar-refractivity contribution >= 4 is 23.5 Å². The van der Waals surface area contributed by atoms with Gasteiger partial charge in [-0.1, -0.05) is 12.1 Å². The summed E-state index contributed by atoms with van der Waals surface area (Å²) in [6.45, 7) is 3.86. The summed E-state index contributed by atoms with van der Waals surface area (Å²) in [4.78, 5) is 22.0. The normalized spacial score (nSPS) is 12.8. The molecule has 26 heavy (non-hydrogen) atoms. The van der Waals surface area contributed by atoms with Crippen LogP contribution in [0.2, 0.25) is 0 Å². The molecule has 0 unspecified atom stereocenters. The second-order valence-electron chi connectivity index (χ2n) is 6.45. The van der Waals surface area contributed by atoms with Gasteiger partial charge in [0.15, 0.2) is 0 Å². The molecule has 1 aliphatic carbocycles. The van der Waals surface area contributed by atoms with E-state index in [1.807, 2.05) is 0 Å². The van der Waals surface area contributed by atoms with Crippen LogP contribution in [0.25, 0.3) is 0 Å². The van der Waals surface area contributed by atoms with Gasteiger partial charge in [0, 0.05) is 0 Å². The van der Waals surface area contributed by atoms with Crippen LogP contribution in [0, 0.1) is 19.7 Å². The van der Waals surface area contributed by atoms with Crippen molar-refractivity contribution in [3.8, 4) is 5.88 Å². The molecule has 0 saturated heterocycles. The molecule has 0 N–H and O–H groups in total. The number of ether oxygens (including phenoxy) is 1. The molecule has 7 heteroatoms. The van der Waals surface area contributed by atoms with E-state index in [4.69, 9.17) is 16.3 Å². The van der Waals surface area contributed by atoms with Crippen LogP contribution in [-0.2, 0) is 24.2 Å². The van der Waals surface area contributed by atoms with Crippen LogP contribution in [-0.4, -0.2) is 28.9 Å². The lowest BCUT2D eigenvalue weighted by atomic mass is 10.0. The van der Waals surface area contributed by atoms with E-state index < -0.39 is 5.82 Å². The Morgan fingerprint density at radius 2 is 2.08 bits per heavy atom. The first-order chi connectivity index (χ1) is 12.4. The van der Waals surface area contributed by atoms with E-state index in [1.54, 1.807) is 0 Å². The predicted octanol–water partition coefficient (Wildman–Crippen LogP) is 3.50. The highest BCUT2D eigenvalue weighted by Gasteiger charge is 2.23. The highest BCUT2D eigenvalue weighted by Crippen LogP contribution is 2.28. The maximum absolute atomic E-state index is 14.0. The number of nitrogens with zero attached hydrogens (tertiary/aromatic N) is 3. The van der Waals surface area contributed by atoms with Crippen molar-refractivity contribution in [2.45, 2.75) is 39.7 Å². The Hall–Kier alpha value is -2.21. The monoisotopic (exact) mass is 377 g/mol. The van der Waals surface area contributed by atoms with Crippen LogP contribution >= 0.6 is 11.6 Å². The zero-order valence-electron chi connectivity index (χ0n) is 15.1. The number of fused-ring (bicyclic) bond motifs is 1. The molecule has 5 nitrogen and oxygen atoms in total. The van der Waals surface area contributed by atoms with E-state index in [9.17, 15) is 9.18 Å². The van der Waals surface area contributed by atoms with Gasteiger partial charge in [-0.3, -0.25) is 9.69 Å². The smallest absolute Gasteiger partial charge is 0.255 e. The summed E-state index contributed by atoms with van der Waals surface area (Å²) in [6.07, 6.45) is 3.30. The zero-order chi connectivity index (χ0) is 18.8. The summed E-state index contributed by atoms with van der Waals surface area (Å²) < 4.78 is 18.9. The van der Waals surface area contributed by atoms with E-state index in [-0.39, 0.29) is 35.9 Å². The lowest BCUT2D eigenvalue weighted by Crippen LogP contribution is -2.33. The third-order valence-electron chi connectivity index (χ3n) is 4.66. The molecule has 1 amide bonds. The number of benzene rings is 1. The maximum Gasteiger partial charge on any atom is 0.255 e. The molecule has 0 aliphatic heterocycles. The molecule has 0 saturated carbocycles. The van der Waals surface area contributed by atoms with E-state index in [0.717, 1.165) is 24.8 Å². The fourth-order valence-electron chi connectivity index (χ4n) is 3.40. The number of carbonyl (C=O) groups is 1. The van der Waals surface area contributed by atoms with Gasteiger partial charge >= 0.3 is 0 Å². The number of anilines is 1. The predicted molar refractivity (Wildman–Crippen MR) is 98.4 cm³/mol. The first-order valence-corrected chi connectivity index (χ1v) is 9.03. The minimum atomic E-state index is -0.636. The Morgan fingerprint density at radius 3 is 2.77 bits per heavy atom. The fraction of sp³-hybridized carbons (Fsp3) is 0.421. The van der Waals surface area contributed by atoms with Gasteiger partial charge in [0.05, 0.1) is 19.3 Å². The standard InChI is InChI=1S/C19H21ClFN3O2/c1-11-7-13(8-14-5-4-6-15(11)14)10-24(16(25)9-20)19-22-12(2)17(21)18(23-19)26-3/h7-8H,4-6,9-10H2,1-3H3. The Balaban J connectivity index is 1.99. The third kappa shape index (κ3) is 3.51. The van der Waals surface area contributed by atoms with Crippen LogP contribution in [0.15, 0.2) is 12.1 Å². The van der Waals surface area contributed by atoms with Gasteiger partial charge in [-0.15, -0.1) is 11.6 Å². The molecule has 0 atom stereocenters. The van der Waals surface area contributed by atoms with E-state index in [0.29, 0.717) is 0 Å². The molecule has 1 aromatic heterocycles. The Kier molecular flexibility index (Phi) is 5.41. The highest BCUT2D eigenvalue weighted by atomic mass is 35.5. The number of carbonyl (C=O) groups excluding carboxylic acids is 1. The van der Waals surface area contributed by atoms with Gasteiger partial charge in [-0.25, -0.2) is 4.98 Å². The summed E-state index contributed by atoms with van der Waals surface area (Å²) in [5.74, 6) is -1.30. The molecule has 1 heterocycles.